The number of nitrogens with one attached hydrogen (secondary N) is 9. The summed E-state index contributed by atoms with van der Waals surface area (Å²) in [6.45, 7) is 5.81. The number of fused-ring (bicyclic) bond motifs is 1. The van der Waals surface area contributed by atoms with Gasteiger partial charge in [-0.1, -0.05) is 81.0 Å². The Morgan fingerprint density at radius 1 is 0.747 bits per heavy atom. The largest absolute Gasteiger partial charge is 0.370 e. The first-order valence-corrected chi connectivity index (χ1v) is 31.0. The van der Waals surface area contributed by atoms with Crippen LogP contribution >= 0.6 is 0 Å². The van der Waals surface area contributed by atoms with Crippen LogP contribution in [0.4, 0.5) is 0 Å². The lowest BCUT2D eigenvalue weighted by Gasteiger charge is -2.56. The number of Topliss-reactive ketones (excluding diaryl/α,β-unsaturated/α-hetero) is 1. The number of carbonyl (C=O) groups is 9. The Bertz CT molecular complexity index is 2940. The van der Waals surface area contributed by atoms with Gasteiger partial charge in [0.2, 0.25) is 47.3 Å². The summed E-state index contributed by atoms with van der Waals surface area (Å²) in [5.41, 5.74) is 18.8. The molecule has 87 heavy (non-hydrogen) atoms. The number of amides is 8. The molecule has 0 unspecified atom stereocenters. The van der Waals surface area contributed by atoms with Crippen molar-refractivity contribution in [3.63, 3.8) is 0 Å². The number of aromatic amines is 1. The zero-order valence-electron chi connectivity index (χ0n) is 50.1. The summed E-state index contributed by atoms with van der Waals surface area (Å²) in [7, 11) is 0. The topological polar surface area (TPSA) is 368 Å². The average Bonchev–Trinajstić information content (AvgIpc) is 1.41. The highest BCUT2D eigenvalue weighted by atomic mass is 16.2. The number of aromatic nitrogens is 1. The first-order chi connectivity index (χ1) is 41.9. The van der Waals surface area contributed by atoms with Gasteiger partial charge in [-0.3, -0.25) is 58.5 Å². The number of carbonyl (C=O) groups excluding carboxylic acids is 9. The minimum atomic E-state index is -1.37. The Morgan fingerprint density at radius 3 is 2.06 bits per heavy atom. The molecule has 4 saturated carbocycles. The van der Waals surface area contributed by atoms with E-state index in [4.69, 9.17) is 17.2 Å². The van der Waals surface area contributed by atoms with Gasteiger partial charge in [0.15, 0.2) is 11.7 Å². The van der Waals surface area contributed by atoms with Gasteiger partial charge in [-0.15, -0.1) is 0 Å². The normalized spacial score (nSPS) is 26.6. The first kappa shape index (κ1) is 66.3. The molecule has 0 spiro atoms. The number of hydrogen-bond acceptors (Lipinski definition) is 12. The molecule has 470 valence electrons. The van der Waals surface area contributed by atoms with Crippen molar-refractivity contribution in [3.8, 4) is 0 Å². The van der Waals surface area contributed by atoms with Crippen molar-refractivity contribution < 1.29 is 43.2 Å². The van der Waals surface area contributed by atoms with Crippen LogP contribution in [0.1, 0.15) is 134 Å². The van der Waals surface area contributed by atoms with Gasteiger partial charge in [-0.2, -0.15) is 0 Å². The van der Waals surface area contributed by atoms with Crippen molar-refractivity contribution in [1.82, 2.24) is 47.5 Å². The molecule has 23 nitrogen and oxygen atoms in total. The fourth-order valence-electron chi connectivity index (χ4n) is 13.2. The number of unbranched alkanes of at least 4 members (excludes halogenated alkanes) is 1. The summed E-state index contributed by atoms with van der Waals surface area (Å²) in [5, 5.41) is 23.9. The molecule has 8 amide bonds. The lowest BCUT2D eigenvalue weighted by atomic mass is 9.48. The molecule has 0 radical (unpaired) electrons. The van der Waals surface area contributed by atoms with E-state index in [9.17, 15) is 43.2 Å². The molecule has 4 aliphatic carbocycles. The average molecular weight is 1200 g/mol. The minimum Gasteiger partial charge on any atom is -0.370 e. The van der Waals surface area contributed by atoms with Crippen LogP contribution in [-0.2, 0) is 56.0 Å². The van der Waals surface area contributed by atoms with Gasteiger partial charge in [0.05, 0.1) is 12.6 Å². The molecule has 1 saturated heterocycles. The molecule has 1 aromatic heterocycles. The van der Waals surface area contributed by atoms with Gasteiger partial charge in [-0.25, -0.2) is 0 Å². The number of primary amides is 1. The number of nitrogens with zero attached hydrogens (tertiary/aromatic N) is 2. The van der Waals surface area contributed by atoms with E-state index < -0.39 is 95.0 Å². The summed E-state index contributed by atoms with van der Waals surface area (Å²) >= 11 is 0. The van der Waals surface area contributed by atoms with E-state index in [1.807, 2.05) is 31.2 Å². The summed E-state index contributed by atoms with van der Waals surface area (Å²) in [6, 6.07) is 7.48. The molecule has 7 atom stereocenters. The van der Waals surface area contributed by atoms with Crippen LogP contribution in [0.15, 0.2) is 95.7 Å². The van der Waals surface area contributed by atoms with Crippen LogP contribution in [0.25, 0.3) is 10.9 Å². The Balaban J connectivity index is 1.19. The third-order valence-corrected chi connectivity index (χ3v) is 17.4. The van der Waals surface area contributed by atoms with Crippen molar-refractivity contribution in [3.05, 3.63) is 96.9 Å². The van der Waals surface area contributed by atoms with Gasteiger partial charge >= 0.3 is 0 Å². The molecular formula is C64H90N14O9. The molecule has 4 bridgehead atoms. The van der Waals surface area contributed by atoms with Crippen molar-refractivity contribution in [1.29, 1.82) is 0 Å². The third kappa shape index (κ3) is 19.9. The maximum absolute atomic E-state index is 14.9. The highest BCUT2D eigenvalue weighted by Crippen LogP contribution is 2.60. The number of guanidine groups is 1. The third-order valence-electron chi connectivity index (χ3n) is 17.4. The quantitative estimate of drug-likeness (QED) is 0.0371. The first-order valence-electron chi connectivity index (χ1n) is 31.0. The van der Waals surface area contributed by atoms with Gasteiger partial charge in [-0.05, 0) is 137 Å². The number of ketones is 1. The van der Waals surface area contributed by atoms with Gasteiger partial charge in [0.1, 0.15) is 36.3 Å². The zero-order valence-corrected chi connectivity index (χ0v) is 50.1. The molecule has 2 heterocycles. The molecule has 2 aromatic carbocycles. The van der Waals surface area contributed by atoms with E-state index in [0.29, 0.717) is 54.6 Å². The van der Waals surface area contributed by atoms with E-state index in [1.165, 1.54) is 31.7 Å². The monoisotopic (exact) mass is 1200 g/mol. The van der Waals surface area contributed by atoms with E-state index in [-0.39, 0.29) is 89.2 Å². The molecule has 8 rings (SSSR count). The summed E-state index contributed by atoms with van der Waals surface area (Å²) < 4.78 is 0. The second-order valence-corrected chi connectivity index (χ2v) is 24.0. The molecule has 23 heteroatoms. The molecule has 1 aliphatic heterocycles. The lowest BCUT2D eigenvalue weighted by molar-refractivity contribution is -0.143. The Hall–Kier alpha value is -8.21. The molecule has 5 aliphatic rings. The van der Waals surface area contributed by atoms with Crippen LogP contribution < -0.4 is 59.7 Å². The molecule has 5 fully saturated rings. The van der Waals surface area contributed by atoms with Gasteiger partial charge in [0.25, 0.3) is 0 Å². The van der Waals surface area contributed by atoms with Crippen molar-refractivity contribution >= 4 is 76.1 Å². The second-order valence-electron chi connectivity index (χ2n) is 24.0. The summed E-state index contributed by atoms with van der Waals surface area (Å²) in [6.07, 6.45) is 16.4. The standard InChI is InChI=1S/C64H90N14O9/c1-3-5-20-48(72-39-54(79)64-35-41-30-42(36-64)32-43(31-41)37-64)57(82)76-51-25-26-55(80)69-28-15-13-22-47(56(65)81)73-62(87)53(34-44-38-71-46-21-12-11-19-45(44)46)78-59(84)50(24-16-29-70-63(66)67)75-61(86)52(33-40-17-8-6-9-18-40)77-58(83)49(74-60(51)85)23-10-7-14-27-68-4-2/h4,6-9,11-12,14,17-19,21,27,38,41-43,47-53,71-72H,2-3,5,10,13,15-16,20,22-26,28-37,39H2,1H3,(H2,65,81)(H,69,80)(H,73,87)(H,74,85)(H,75,86)(H,76,82)(H,77,83)(H,78,84)(H4,66,67,70)/b14-7-,68-27?/t41?,42?,43?,47-,48-,49-,50-,51-,52+,53-,64?/m0/s1. The predicted octanol–water partition coefficient (Wildman–Crippen LogP) is 2.97. The van der Waals surface area contributed by atoms with Crippen molar-refractivity contribution in [2.75, 3.05) is 19.6 Å². The number of hydrogen-bond donors (Lipinski definition) is 12. The van der Waals surface area contributed by atoms with Crippen LogP contribution in [0.2, 0.25) is 0 Å². The Labute approximate surface area is 509 Å². The number of allylic oxidation sites excluding steroid dienone is 2. The fourth-order valence-corrected chi connectivity index (χ4v) is 13.2. The van der Waals surface area contributed by atoms with Gasteiger partial charge in [0, 0.05) is 67.3 Å². The highest BCUT2D eigenvalue weighted by Gasteiger charge is 2.54. The number of H-pyrrole nitrogens is 1. The second kappa shape index (κ2) is 33.1. The Kier molecular flexibility index (Phi) is 25.2. The number of rotatable bonds is 23. The molecular weight excluding hydrogens is 1110 g/mol. The number of benzene rings is 2. The van der Waals surface area contributed by atoms with Gasteiger partial charge < -0.3 is 59.4 Å². The zero-order chi connectivity index (χ0) is 62.3. The van der Waals surface area contributed by atoms with E-state index in [1.54, 1.807) is 48.7 Å². The highest BCUT2D eigenvalue weighted by molar-refractivity contribution is 5.98. The van der Waals surface area contributed by atoms with Crippen LogP contribution in [0, 0.1) is 23.2 Å². The van der Waals surface area contributed by atoms with Crippen LogP contribution in [-0.4, -0.2) is 132 Å². The van der Waals surface area contributed by atoms with E-state index in [2.05, 4.69) is 64.1 Å². The SMILES string of the molecule is C=CN=C/C=C\CC[C@@H]1NC(=O)[C@@H](NC(=O)[C@H](CCCC)NCC(=O)C23CC4CC(CC(C4)C2)C3)CCC(=O)NCCCC[C@@H](C(N)=O)NC(=O)[C@H](Cc2c[nH]c3ccccc23)NC(=O)[C@H](CCCN=C(N)N)NC(=O)[C@@H](Cc2ccccc2)NC1=O. The van der Waals surface area contributed by atoms with E-state index in [0.717, 1.165) is 36.6 Å². The fraction of sp³-hybridized carbons (Fsp3) is 0.547. The van der Waals surface area contributed by atoms with Crippen molar-refractivity contribution in [2.45, 2.75) is 178 Å². The molecule has 15 N–H and O–H groups in total. The number of nitrogens with two attached hydrogens (primary N) is 3. The molecule has 3 aromatic rings. The predicted molar refractivity (Wildman–Crippen MR) is 333 cm³/mol. The van der Waals surface area contributed by atoms with Crippen LogP contribution in [0.5, 0.6) is 0 Å². The van der Waals surface area contributed by atoms with Crippen LogP contribution in [0.3, 0.4) is 0 Å². The maximum Gasteiger partial charge on any atom is 0.243 e. The summed E-state index contributed by atoms with van der Waals surface area (Å²) in [4.78, 5) is 141. The minimum absolute atomic E-state index is 0.000485. The van der Waals surface area contributed by atoms with E-state index >= 15 is 0 Å². The number of aliphatic imine (C=N–C) groups is 2. The maximum atomic E-state index is 14.9. The van der Waals surface area contributed by atoms with Crippen molar-refractivity contribution in [2.24, 2.45) is 50.4 Å². The lowest BCUT2D eigenvalue weighted by Crippen LogP contribution is -2.60. The smallest absolute Gasteiger partial charge is 0.243 e. The Morgan fingerprint density at radius 2 is 1.38 bits per heavy atom. The summed E-state index contributed by atoms with van der Waals surface area (Å²) in [5.74, 6) is -4.07. The number of para-hydroxylation sites is 1.